The highest BCUT2D eigenvalue weighted by molar-refractivity contribution is 6.77. The van der Waals surface area contributed by atoms with Crippen LogP contribution in [0.1, 0.15) is 20.8 Å². The van der Waals surface area contributed by atoms with Crippen LogP contribution in [0.25, 0.3) is 0 Å². The van der Waals surface area contributed by atoms with Crippen molar-refractivity contribution in [1.82, 2.24) is 0 Å². The second kappa shape index (κ2) is 6.17. The fraction of sp³-hybridized carbons (Fsp3) is 0.556. The molecular weight excluding hydrogens is 168 g/mol. The van der Waals surface area contributed by atoms with Crippen LogP contribution in [0.15, 0.2) is 24.1 Å². The Labute approximate surface area is 76.1 Å². The van der Waals surface area contributed by atoms with Crippen molar-refractivity contribution in [3.8, 4) is 0 Å². The van der Waals surface area contributed by atoms with E-state index < -0.39 is 8.56 Å². The highest BCUT2D eigenvalue weighted by atomic mass is 28.4. The summed E-state index contributed by atoms with van der Waals surface area (Å²) in [5, 5.41) is 0. The normalized spacial score (nSPS) is 12.2. The lowest BCUT2D eigenvalue weighted by Gasteiger charge is -2.22. The smallest absolute Gasteiger partial charge is 0.389 e. The van der Waals surface area contributed by atoms with E-state index in [1.807, 2.05) is 32.5 Å². The second-order valence-corrected chi connectivity index (χ2v) is 5.05. The van der Waals surface area contributed by atoms with E-state index in [-0.39, 0.29) is 0 Å². The van der Waals surface area contributed by atoms with Gasteiger partial charge in [0.05, 0.1) is 0 Å². The van der Waals surface area contributed by atoms with E-state index in [1.165, 1.54) is 0 Å². The van der Waals surface area contributed by atoms with Crippen LogP contribution in [-0.4, -0.2) is 21.8 Å². The minimum Gasteiger partial charge on any atom is -0.389 e. The summed E-state index contributed by atoms with van der Waals surface area (Å²) in [6, 6.07) is 0. The summed E-state index contributed by atoms with van der Waals surface area (Å²) >= 11 is 0. The molecule has 0 heterocycles. The van der Waals surface area contributed by atoms with Gasteiger partial charge in [-0.3, -0.25) is 0 Å². The maximum absolute atomic E-state index is 5.57. The molecule has 0 saturated carbocycles. The zero-order valence-electron chi connectivity index (χ0n) is 8.17. The van der Waals surface area contributed by atoms with Gasteiger partial charge in [0, 0.05) is 13.2 Å². The van der Waals surface area contributed by atoms with Gasteiger partial charge in [0.15, 0.2) is 0 Å². The van der Waals surface area contributed by atoms with Gasteiger partial charge in [0.2, 0.25) is 0 Å². The van der Waals surface area contributed by atoms with Crippen molar-refractivity contribution >= 4 is 8.56 Å². The molecule has 0 bridgehead atoms. The van der Waals surface area contributed by atoms with Crippen molar-refractivity contribution in [2.45, 2.75) is 20.8 Å². The molecule has 0 amide bonds. The van der Waals surface area contributed by atoms with Crippen molar-refractivity contribution in [1.29, 1.82) is 0 Å². The summed E-state index contributed by atoms with van der Waals surface area (Å²) in [7, 11) is -2.19. The summed E-state index contributed by atoms with van der Waals surface area (Å²) in [6.45, 7) is 11.0. The fourth-order valence-electron chi connectivity index (χ4n) is 1.01. The first kappa shape index (κ1) is 11.6. The molecule has 0 aromatic carbocycles. The molecule has 0 aliphatic rings. The molecule has 0 rings (SSSR count). The second-order valence-electron chi connectivity index (χ2n) is 2.29. The van der Waals surface area contributed by atoms with Gasteiger partial charge in [-0.1, -0.05) is 6.08 Å². The summed E-state index contributed by atoms with van der Waals surface area (Å²) in [4.78, 5) is 0. The molecule has 0 saturated heterocycles. The zero-order chi connectivity index (χ0) is 9.45. The molecular formula is C9H18O2Si. The van der Waals surface area contributed by atoms with Crippen LogP contribution in [0.3, 0.4) is 0 Å². The van der Waals surface area contributed by atoms with Gasteiger partial charge in [-0.25, -0.2) is 0 Å². The minimum absolute atomic E-state index is 0.669. The fourth-order valence-corrected chi connectivity index (χ4v) is 3.02. The highest BCUT2D eigenvalue weighted by Crippen LogP contribution is 2.10. The Morgan fingerprint density at radius 2 is 1.75 bits per heavy atom. The van der Waals surface area contributed by atoms with Gasteiger partial charge in [-0.15, -0.1) is 6.58 Å². The van der Waals surface area contributed by atoms with E-state index in [4.69, 9.17) is 8.85 Å². The molecule has 0 aromatic rings. The Morgan fingerprint density at radius 3 is 2.00 bits per heavy atom. The van der Waals surface area contributed by atoms with E-state index in [9.17, 15) is 0 Å². The third kappa shape index (κ3) is 3.34. The van der Waals surface area contributed by atoms with Gasteiger partial charge in [-0.05, 0) is 32.2 Å². The van der Waals surface area contributed by atoms with Gasteiger partial charge in [-0.2, -0.15) is 0 Å². The summed E-state index contributed by atoms with van der Waals surface area (Å²) in [6.07, 6.45) is 1.96. The molecule has 0 aliphatic heterocycles. The lowest BCUT2D eigenvalue weighted by Crippen LogP contribution is -2.38. The molecule has 0 N–H and O–H groups in total. The average Bonchev–Trinajstić information content (AvgIpc) is 2.06. The van der Waals surface area contributed by atoms with Crippen LogP contribution < -0.4 is 0 Å². The minimum atomic E-state index is -2.19. The Morgan fingerprint density at radius 1 is 1.25 bits per heavy atom. The summed E-state index contributed by atoms with van der Waals surface area (Å²) in [5.74, 6) is 0. The zero-order valence-corrected chi connectivity index (χ0v) is 9.17. The number of hydrogen-bond donors (Lipinski definition) is 0. The van der Waals surface area contributed by atoms with E-state index in [0.29, 0.717) is 13.2 Å². The van der Waals surface area contributed by atoms with Crippen LogP contribution >= 0.6 is 0 Å². The van der Waals surface area contributed by atoms with E-state index in [0.717, 1.165) is 0 Å². The third-order valence-corrected chi connectivity index (χ3v) is 4.27. The van der Waals surface area contributed by atoms with Crippen LogP contribution in [-0.2, 0) is 8.85 Å². The molecule has 3 heteroatoms. The largest absolute Gasteiger partial charge is 0.391 e. The molecule has 70 valence electrons. The van der Waals surface area contributed by atoms with Crippen molar-refractivity contribution in [3.05, 3.63) is 24.1 Å². The van der Waals surface area contributed by atoms with E-state index >= 15 is 0 Å². The lowest BCUT2D eigenvalue weighted by molar-refractivity contribution is 0.206. The molecule has 0 aliphatic carbocycles. The Kier molecular flexibility index (Phi) is 5.97. The predicted molar refractivity (Wildman–Crippen MR) is 54.0 cm³/mol. The number of allylic oxidation sites excluding steroid dienone is 1. The van der Waals surface area contributed by atoms with Crippen LogP contribution in [0.2, 0.25) is 0 Å². The van der Waals surface area contributed by atoms with Crippen molar-refractivity contribution < 1.29 is 8.85 Å². The summed E-state index contributed by atoms with van der Waals surface area (Å²) in [5.41, 5.74) is 3.80. The van der Waals surface area contributed by atoms with Gasteiger partial charge in [0.1, 0.15) is 0 Å². The number of rotatable bonds is 6. The Balaban J connectivity index is 4.38. The first-order chi connectivity index (χ1) is 5.74. The van der Waals surface area contributed by atoms with Crippen LogP contribution in [0, 0.1) is 0 Å². The van der Waals surface area contributed by atoms with E-state index in [1.54, 1.807) is 5.70 Å². The van der Waals surface area contributed by atoms with Crippen molar-refractivity contribution in [2.24, 2.45) is 0 Å². The predicted octanol–water partition coefficient (Wildman–Crippen LogP) is 2.34. The first-order valence-electron chi connectivity index (χ1n) is 4.30. The SMILES string of the molecule is C=C[Si](C=CC)(OCC)OCC. The molecule has 0 radical (unpaired) electrons. The van der Waals surface area contributed by atoms with Gasteiger partial charge < -0.3 is 8.85 Å². The van der Waals surface area contributed by atoms with Crippen molar-refractivity contribution in [3.63, 3.8) is 0 Å². The quantitative estimate of drug-likeness (QED) is 0.593. The standard InChI is InChI=1S/C9H18O2Si/c1-5-9-12(8-4,10-6-2)11-7-3/h5,8-9H,4,6-7H2,1-3H3. The molecule has 0 unspecified atom stereocenters. The van der Waals surface area contributed by atoms with E-state index in [2.05, 4.69) is 6.58 Å². The Bertz CT molecular complexity index is 149. The maximum atomic E-state index is 5.57. The van der Waals surface area contributed by atoms with Crippen LogP contribution in [0.5, 0.6) is 0 Å². The molecule has 0 aromatic heterocycles. The highest BCUT2D eigenvalue weighted by Gasteiger charge is 2.29. The summed E-state index contributed by atoms with van der Waals surface area (Å²) < 4.78 is 11.1. The molecule has 0 atom stereocenters. The van der Waals surface area contributed by atoms with Crippen LogP contribution in [0.4, 0.5) is 0 Å². The average molecular weight is 186 g/mol. The van der Waals surface area contributed by atoms with Crippen molar-refractivity contribution in [2.75, 3.05) is 13.2 Å². The lowest BCUT2D eigenvalue weighted by atomic mass is 10.8. The molecule has 0 spiro atoms. The van der Waals surface area contributed by atoms with Gasteiger partial charge >= 0.3 is 8.56 Å². The molecule has 12 heavy (non-hydrogen) atoms. The topological polar surface area (TPSA) is 18.5 Å². The third-order valence-electron chi connectivity index (χ3n) is 1.42. The van der Waals surface area contributed by atoms with Gasteiger partial charge in [0.25, 0.3) is 0 Å². The maximum Gasteiger partial charge on any atom is 0.391 e. The first-order valence-corrected chi connectivity index (χ1v) is 6.27. The number of hydrogen-bond acceptors (Lipinski definition) is 2. The molecule has 2 nitrogen and oxygen atoms in total. The Hall–Kier alpha value is -0.383. The monoisotopic (exact) mass is 186 g/mol. The molecule has 0 fully saturated rings.